The summed E-state index contributed by atoms with van der Waals surface area (Å²) in [6.45, 7) is 1.71. The van der Waals surface area contributed by atoms with E-state index in [1.807, 2.05) is 9.97 Å². The van der Waals surface area contributed by atoms with Crippen molar-refractivity contribution in [3.63, 3.8) is 0 Å². The smallest absolute Gasteiger partial charge is 0.333 e. The topological polar surface area (TPSA) is 113 Å². The third kappa shape index (κ3) is 5.04. The van der Waals surface area contributed by atoms with Crippen molar-refractivity contribution in [1.82, 2.24) is 14.5 Å². The van der Waals surface area contributed by atoms with Gasteiger partial charge in [0.05, 0.1) is 32.0 Å². The highest BCUT2D eigenvalue weighted by Gasteiger charge is 2.24. The Morgan fingerprint density at radius 2 is 1.54 bits per heavy atom. The first kappa shape index (κ1) is 16.4. The van der Waals surface area contributed by atoms with Gasteiger partial charge in [-0.05, 0) is 18.4 Å². The number of aromatic nitrogens is 3. The molecule has 0 spiro atoms. The van der Waals surface area contributed by atoms with Crippen LogP contribution in [-0.4, -0.2) is 40.0 Å². The average molecular weight is 333 g/mol. The fraction of sp³-hybridized carbons (Fsp3) is 0.438. The lowest BCUT2D eigenvalue weighted by Crippen LogP contribution is -2.44. The molecular formula is C16H19N3O5. The molecule has 128 valence electrons. The van der Waals surface area contributed by atoms with Gasteiger partial charge in [0.15, 0.2) is 0 Å². The summed E-state index contributed by atoms with van der Waals surface area (Å²) >= 11 is 0. The molecule has 8 heteroatoms. The summed E-state index contributed by atoms with van der Waals surface area (Å²) in [6, 6.07) is 10.6. The van der Waals surface area contributed by atoms with E-state index in [4.69, 9.17) is 9.47 Å². The number of benzene rings is 1. The summed E-state index contributed by atoms with van der Waals surface area (Å²) in [4.78, 5) is 36.6. The first-order chi connectivity index (χ1) is 11.6. The number of nitrogens with one attached hydrogen (secondary N) is 2. The van der Waals surface area contributed by atoms with Crippen molar-refractivity contribution < 1.29 is 9.47 Å². The summed E-state index contributed by atoms with van der Waals surface area (Å²) in [5.41, 5.74) is -0.778. The zero-order valence-corrected chi connectivity index (χ0v) is 13.1. The van der Waals surface area contributed by atoms with Crippen LogP contribution >= 0.6 is 0 Å². The van der Waals surface area contributed by atoms with Crippen LogP contribution in [0.15, 0.2) is 44.7 Å². The molecule has 2 aliphatic heterocycles. The molecule has 2 N–H and O–H groups in total. The Morgan fingerprint density at radius 1 is 0.958 bits per heavy atom. The molecule has 2 aromatic rings. The molecule has 0 radical (unpaired) electrons. The standard InChI is InChI=1S/C10H12O.C6H7N3O4/c1-2-4-9(5-3-1)6-7-10-8-11-10;10-4-7-5(11)9(6(12)8-4)1-3-2-13-3/h1-5,10H,6-8H2;3H,1-2H2,(H2,7,8,10,11,12). The Labute approximate surface area is 137 Å². The Hall–Kier alpha value is -2.45. The lowest BCUT2D eigenvalue weighted by molar-refractivity contribution is 0.373. The summed E-state index contributed by atoms with van der Waals surface area (Å²) in [6.07, 6.45) is 2.83. The minimum absolute atomic E-state index is 0.0790. The molecule has 1 aromatic heterocycles. The SMILES string of the molecule is O=c1[nH]c(=O)n(CC2CO2)c(=O)[nH]1.c1ccc(CCC2CO2)cc1. The molecule has 2 saturated heterocycles. The summed E-state index contributed by atoms with van der Waals surface area (Å²) in [5, 5.41) is 0. The highest BCUT2D eigenvalue weighted by Crippen LogP contribution is 2.16. The van der Waals surface area contributed by atoms with E-state index in [1.54, 1.807) is 0 Å². The van der Waals surface area contributed by atoms with Crippen molar-refractivity contribution in [2.75, 3.05) is 13.2 Å². The summed E-state index contributed by atoms with van der Waals surface area (Å²) in [5.74, 6) is 0. The normalized spacial score (nSPS) is 20.8. The molecule has 8 nitrogen and oxygen atoms in total. The molecule has 2 aliphatic rings. The minimum atomic E-state index is -0.789. The van der Waals surface area contributed by atoms with Gasteiger partial charge in [-0.15, -0.1) is 0 Å². The number of ether oxygens (including phenoxy) is 2. The average Bonchev–Trinajstić information content (AvgIpc) is 3.46. The fourth-order valence-corrected chi connectivity index (χ4v) is 2.20. The second kappa shape index (κ2) is 7.41. The van der Waals surface area contributed by atoms with Gasteiger partial charge in [0.25, 0.3) is 0 Å². The second-order valence-electron chi connectivity index (χ2n) is 5.73. The van der Waals surface area contributed by atoms with E-state index in [-0.39, 0.29) is 12.6 Å². The molecule has 0 amide bonds. The number of rotatable bonds is 5. The van der Waals surface area contributed by atoms with Crippen LogP contribution in [0.2, 0.25) is 0 Å². The van der Waals surface area contributed by atoms with Crippen molar-refractivity contribution >= 4 is 0 Å². The highest BCUT2D eigenvalue weighted by molar-refractivity contribution is 5.14. The first-order valence-electron chi connectivity index (χ1n) is 7.82. The fourth-order valence-electron chi connectivity index (χ4n) is 2.20. The van der Waals surface area contributed by atoms with Crippen LogP contribution in [0.3, 0.4) is 0 Å². The third-order valence-electron chi connectivity index (χ3n) is 3.72. The molecule has 0 saturated carbocycles. The van der Waals surface area contributed by atoms with Crippen LogP contribution in [0.1, 0.15) is 12.0 Å². The highest BCUT2D eigenvalue weighted by atomic mass is 16.6. The maximum absolute atomic E-state index is 11.1. The molecule has 2 unspecified atom stereocenters. The number of aryl methyl sites for hydroxylation is 1. The lowest BCUT2D eigenvalue weighted by atomic mass is 10.1. The largest absolute Gasteiger partial charge is 0.373 e. The van der Waals surface area contributed by atoms with Gasteiger partial charge in [0, 0.05) is 0 Å². The molecule has 1 aromatic carbocycles. The van der Waals surface area contributed by atoms with Gasteiger partial charge < -0.3 is 9.47 Å². The maximum atomic E-state index is 11.1. The Kier molecular flexibility index (Phi) is 5.07. The monoisotopic (exact) mass is 333 g/mol. The zero-order chi connectivity index (χ0) is 16.9. The van der Waals surface area contributed by atoms with Crippen molar-refractivity contribution in [2.24, 2.45) is 0 Å². The van der Waals surface area contributed by atoms with E-state index in [9.17, 15) is 14.4 Å². The van der Waals surface area contributed by atoms with Gasteiger partial charge in [-0.1, -0.05) is 30.3 Å². The molecule has 2 atom stereocenters. The Bertz CT molecular complexity index is 797. The number of H-pyrrole nitrogens is 2. The first-order valence-corrected chi connectivity index (χ1v) is 7.82. The molecule has 0 bridgehead atoms. The zero-order valence-electron chi connectivity index (χ0n) is 13.1. The predicted molar refractivity (Wildman–Crippen MR) is 86.2 cm³/mol. The van der Waals surface area contributed by atoms with Crippen LogP contribution in [-0.2, 0) is 22.4 Å². The number of hydrogen-bond donors (Lipinski definition) is 2. The number of epoxide rings is 2. The van der Waals surface area contributed by atoms with Crippen LogP contribution in [0.5, 0.6) is 0 Å². The molecule has 0 aliphatic carbocycles. The summed E-state index contributed by atoms with van der Waals surface area (Å²) < 4.78 is 10.9. The van der Waals surface area contributed by atoms with E-state index in [0.717, 1.165) is 17.6 Å². The quantitative estimate of drug-likeness (QED) is 0.726. The molecule has 3 heterocycles. The number of nitrogens with zero attached hydrogens (tertiary/aromatic N) is 1. The van der Waals surface area contributed by atoms with Gasteiger partial charge >= 0.3 is 17.1 Å². The second-order valence-corrected chi connectivity index (χ2v) is 5.73. The number of aromatic amines is 2. The Balaban J connectivity index is 0.000000143. The van der Waals surface area contributed by atoms with E-state index in [1.165, 1.54) is 12.0 Å². The van der Waals surface area contributed by atoms with Gasteiger partial charge in [0.2, 0.25) is 0 Å². The minimum Gasteiger partial charge on any atom is -0.373 e. The van der Waals surface area contributed by atoms with Gasteiger partial charge in [-0.25, -0.2) is 19.0 Å². The van der Waals surface area contributed by atoms with E-state index >= 15 is 0 Å². The van der Waals surface area contributed by atoms with E-state index in [2.05, 4.69) is 30.3 Å². The van der Waals surface area contributed by atoms with Crippen LogP contribution < -0.4 is 17.1 Å². The molecule has 24 heavy (non-hydrogen) atoms. The molecule has 2 fully saturated rings. The van der Waals surface area contributed by atoms with Crippen molar-refractivity contribution in [2.45, 2.75) is 31.6 Å². The number of hydrogen-bond acceptors (Lipinski definition) is 5. The van der Waals surface area contributed by atoms with Crippen molar-refractivity contribution in [3.05, 3.63) is 67.3 Å². The maximum Gasteiger partial charge on any atom is 0.333 e. The van der Waals surface area contributed by atoms with Gasteiger partial charge in [-0.2, -0.15) is 0 Å². The van der Waals surface area contributed by atoms with E-state index < -0.39 is 17.1 Å². The van der Waals surface area contributed by atoms with Gasteiger partial charge in [0.1, 0.15) is 0 Å². The molecule has 4 rings (SSSR count). The van der Waals surface area contributed by atoms with Crippen LogP contribution in [0.25, 0.3) is 0 Å². The predicted octanol–water partition coefficient (Wildman–Crippen LogP) is -0.358. The summed E-state index contributed by atoms with van der Waals surface area (Å²) in [7, 11) is 0. The third-order valence-corrected chi connectivity index (χ3v) is 3.72. The lowest BCUT2D eigenvalue weighted by Gasteiger charge is -1.97. The van der Waals surface area contributed by atoms with Gasteiger partial charge in [-0.3, -0.25) is 9.97 Å². The van der Waals surface area contributed by atoms with Crippen molar-refractivity contribution in [3.8, 4) is 0 Å². The molecular weight excluding hydrogens is 314 g/mol. The Morgan fingerprint density at radius 3 is 2.08 bits per heavy atom. The van der Waals surface area contributed by atoms with Crippen LogP contribution in [0, 0.1) is 0 Å². The van der Waals surface area contributed by atoms with E-state index in [0.29, 0.717) is 12.7 Å². The van der Waals surface area contributed by atoms with Crippen LogP contribution in [0.4, 0.5) is 0 Å². The van der Waals surface area contributed by atoms with Crippen molar-refractivity contribution in [1.29, 1.82) is 0 Å².